The maximum absolute atomic E-state index is 6.08. The van der Waals surface area contributed by atoms with Crippen LogP contribution >= 0.6 is 11.6 Å². The molecule has 0 radical (unpaired) electrons. The van der Waals surface area contributed by atoms with Crippen LogP contribution in [0.5, 0.6) is 5.75 Å². The molecule has 5 nitrogen and oxygen atoms in total. The average molecular weight is 355 g/mol. The molecular formula is C19H19ClN4O. The number of methoxy groups -OCH3 is 1. The van der Waals surface area contributed by atoms with Gasteiger partial charge in [0.05, 0.1) is 12.8 Å². The molecule has 0 unspecified atom stereocenters. The lowest BCUT2D eigenvalue weighted by molar-refractivity contribution is 0.417. The summed E-state index contributed by atoms with van der Waals surface area (Å²) in [6.07, 6.45) is 0. The topological polar surface area (TPSA) is 59.1 Å². The number of halogens is 1. The summed E-state index contributed by atoms with van der Waals surface area (Å²) in [5.74, 6) is 1.85. The predicted molar refractivity (Wildman–Crippen MR) is 103 cm³/mol. The molecule has 25 heavy (non-hydrogen) atoms. The van der Waals surface area contributed by atoms with Crippen LogP contribution in [0.15, 0.2) is 48.5 Å². The number of nitrogens with one attached hydrogen (secondary N) is 2. The van der Waals surface area contributed by atoms with Gasteiger partial charge in [-0.25, -0.2) is 4.98 Å². The number of nitrogens with zero attached hydrogens (tertiary/aromatic N) is 2. The monoisotopic (exact) mass is 354 g/mol. The second-order valence-corrected chi connectivity index (χ2v) is 6.12. The Labute approximate surface area is 152 Å². The predicted octanol–water partition coefficient (Wildman–Crippen LogP) is 5.24. The third-order valence-corrected chi connectivity index (χ3v) is 3.79. The van der Waals surface area contributed by atoms with Gasteiger partial charge in [0.1, 0.15) is 11.6 Å². The van der Waals surface area contributed by atoms with Crippen molar-refractivity contribution in [3.8, 4) is 5.75 Å². The number of aromatic nitrogens is 2. The number of ether oxygens (including phenoxy) is 1. The highest BCUT2D eigenvalue weighted by Gasteiger charge is 2.08. The minimum absolute atomic E-state index is 0.468. The van der Waals surface area contributed by atoms with Gasteiger partial charge in [-0.1, -0.05) is 23.7 Å². The van der Waals surface area contributed by atoms with E-state index in [0.29, 0.717) is 28.2 Å². The van der Waals surface area contributed by atoms with Gasteiger partial charge in [-0.05, 0) is 49.7 Å². The number of anilines is 4. The van der Waals surface area contributed by atoms with Crippen LogP contribution in [0.4, 0.5) is 23.1 Å². The molecule has 0 aliphatic carbocycles. The van der Waals surface area contributed by atoms with E-state index in [9.17, 15) is 0 Å². The molecule has 3 rings (SSSR count). The minimum Gasteiger partial charge on any atom is -0.495 e. The Morgan fingerprint density at radius 2 is 1.80 bits per heavy atom. The highest BCUT2D eigenvalue weighted by Crippen LogP contribution is 2.30. The Kier molecular flexibility index (Phi) is 5.05. The molecule has 0 bridgehead atoms. The van der Waals surface area contributed by atoms with Crippen LogP contribution in [-0.2, 0) is 0 Å². The van der Waals surface area contributed by atoms with Gasteiger partial charge in [-0.2, -0.15) is 4.98 Å². The molecule has 128 valence electrons. The van der Waals surface area contributed by atoms with Crippen LogP contribution in [0.1, 0.15) is 11.3 Å². The Morgan fingerprint density at radius 3 is 2.56 bits per heavy atom. The summed E-state index contributed by atoms with van der Waals surface area (Å²) in [5, 5.41) is 7.08. The molecular weight excluding hydrogens is 336 g/mol. The van der Waals surface area contributed by atoms with E-state index in [0.717, 1.165) is 11.4 Å². The first kappa shape index (κ1) is 17.0. The molecule has 0 fully saturated rings. The summed E-state index contributed by atoms with van der Waals surface area (Å²) >= 11 is 6.08. The number of hydrogen-bond acceptors (Lipinski definition) is 5. The van der Waals surface area contributed by atoms with Crippen molar-refractivity contribution in [3.05, 3.63) is 64.8 Å². The van der Waals surface area contributed by atoms with Crippen LogP contribution in [-0.4, -0.2) is 17.1 Å². The lowest BCUT2D eigenvalue weighted by Crippen LogP contribution is -2.03. The molecule has 2 N–H and O–H groups in total. The van der Waals surface area contributed by atoms with Gasteiger partial charge < -0.3 is 15.4 Å². The van der Waals surface area contributed by atoms with Crippen LogP contribution in [0.25, 0.3) is 0 Å². The van der Waals surface area contributed by atoms with Crippen molar-refractivity contribution in [2.24, 2.45) is 0 Å². The fraction of sp³-hybridized carbons (Fsp3) is 0.158. The Bertz CT molecular complexity index is 898. The van der Waals surface area contributed by atoms with E-state index < -0.39 is 0 Å². The molecule has 0 amide bonds. The number of hydrogen-bond donors (Lipinski definition) is 2. The first-order chi connectivity index (χ1) is 12.0. The average Bonchev–Trinajstić information content (AvgIpc) is 2.54. The summed E-state index contributed by atoms with van der Waals surface area (Å²) in [6.45, 7) is 3.97. The zero-order chi connectivity index (χ0) is 17.8. The SMILES string of the molecule is COc1ccc(Cl)cc1Nc1nc(C)cc(Nc2cccc(C)c2)n1. The van der Waals surface area contributed by atoms with Gasteiger partial charge >= 0.3 is 0 Å². The first-order valence-corrected chi connectivity index (χ1v) is 8.21. The van der Waals surface area contributed by atoms with Gasteiger partial charge in [0.15, 0.2) is 0 Å². The maximum Gasteiger partial charge on any atom is 0.229 e. The second kappa shape index (κ2) is 7.40. The maximum atomic E-state index is 6.08. The van der Waals surface area contributed by atoms with E-state index in [1.807, 2.05) is 25.1 Å². The van der Waals surface area contributed by atoms with Crippen molar-refractivity contribution in [1.29, 1.82) is 0 Å². The van der Waals surface area contributed by atoms with Gasteiger partial charge in [-0.15, -0.1) is 0 Å². The van der Waals surface area contributed by atoms with Crippen LogP contribution in [0.2, 0.25) is 5.02 Å². The summed E-state index contributed by atoms with van der Waals surface area (Å²) in [5.41, 5.74) is 3.71. The van der Waals surface area contributed by atoms with E-state index in [1.54, 1.807) is 25.3 Å². The Balaban J connectivity index is 1.88. The molecule has 0 spiro atoms. The van der Waals surface area contributed by atoms with Gasteiger partial charge in [0.25, 0.3) is 0 Å². The van der Waals surface area contributed by atoms with Crippen LogP contribution in [0, 0.1) is 13.8 Å². The van der Waals surface area contributed by atoms with Gasteiger partial charge in [0.2, 0.25) is 5.95 Å². The lowest BCUT2D eigenvalue weighted by atomic mass is 10.2. The molecule has 1 heterocycles. The van der Waals surface area contributed by atoms with Crippen molar-refractivity contribution in [3.63, 3.8) is 0 Å². The van der Waals surface area contributed by atoms with E-state index in [1.165, 1.54) is 5.56 Å². The summed E-state index contributed by atoms with van der Waals surface area (Å²) < 4.78 is 5.35. The number of rotatable bonds is 5. The molecule has 0 saturated carbocycles. The quantitative estimate of drug-likeness (QED) is 0.656. The van der Waals surface area contributed by atoms with E-state index in [2.05, 4.69) is 39.7 Å². The molecule has 6 heteroatoms. The van der Waals surface area contributed by atoms with Crippen molar-refractivity contribution in [1.82, 2.24) is 9.97 Å². The van der Waals surface area contributed by atoms with Crippen LogP contribution < -0.4 is 15.4 Å². The van der Waals surface area contributed by atoms with E-state index in [4.69, 9.17) is 16.3 Å². The summed E-state index contributed by atoms with van der Waals surface area (Å²) in [6, 6.07) is 15.3. The standard InChI is InChI=1S/C19H19ClN4O/c1-12-5-4-6-15(9-12)22-18-10-13(2)21-19(24-18)23-16-11-14(20)7-8-17(16)25-3/h4-11H,1-3H3,(H2,21,22,23,24). The second-order valence-electron chi connectivity index (χ2n) is 5.68. The molecule has 1 aromatic heterocycles. The molecule has 0 aliphatic heterocycles. The normalized spacial score (nSPS) is 10.4. The third kappa shape index (κ3) is 4.39. The first-order valence-electron chi connectivity index (χ1n) is 7.83. The Morgan fingerprint density at radius 1 is 0.960 bits per heavy atom. The molecule has 2 aromatic carbocycles. The van der Waals surface area contributed by atoms with Crippen molar-refractivity contribution < 1.29 is 4.74 Å². The zero-order valence-electron chi connectivity index (χ0n) is 14.3. The molecule has 0 atom stereocenters. The largest absolute Gasteiger partial charge is 0.495 e. The highest BCUT2D eigenvalue weighted by molar-refractivity contribution is 6.31. The lowest BCUT2D eigenvalue weighted by Gasteiger charge is -2.13. The van der Waals surface area contributed by atoms with Gasteiger partial charge in [-0.3, -0.25) is 0 Å². The minimum atomic E-state index is 0.468. The van der Waals surface area contributed by atoms with Crippen LogP contribution in [0.3, 0.4) is 0 Å². The number of aryl methyl sites for hydroxylation is 2. The van der Waals surface area contributed by atoms with Crippen molar-refractivity contribution in [2.75, 3.05) is 17.7 Å². The summed E-state index contributed by atoms with van der Waals surface area (Å²) in [7, 11) is 1.61. The highest BCUT2D eigenvalue weighted by atomic mass is 35.5. The fourth-order valence-electron chi connectivity index (χ4n) is 2.46. The molecule has 0 aliphatic rings. The number of benzene rings is 2. The van der Waals surface area contributed by atoms with Gasteiger partial charge in [0, 0.05) is 22.5 Å². The Hall–Kier alpha value is -2.79. The molecule has 3 aromatic rings. The third-order valence-electron chi connectivity index (χ3n) is 3.55. The van der Waals surface area contributed by atoms with E-state index in [-0.39, 0.29) is 0 Å². The fourth-order valence-corrected chi connectivity index (χ4v) is 2.63. The van der Waals surface area contributed by atoms with Crippen molar-refractivity contribution in [2.45, 2.75) is 13.8 Å². The van der Waals surface area contributed by atoms with E-state index >= 15 is 0 Å². The zero-order valence-corrected chi connectivity index (χ0v) is 15.1. The summed E-state index contributed by atoms with van der Waals surface area (Å²) in [4.78, 5) is 8.96. The van der Waals surface area contributed by atoms with Crippen molar-refractivity contribution >= 4 is 34.7 Å². The smallest absolute Gasteiger partial charge is 0.229 e. The molecule has 0 saturated heterocycles.